The molecule has 1 atom stereocenters. The van der Waals surface area contributed by atoms with Crippen LogP contribution in [0.5, 0.6) is 0 Å². The fraction of sp³-hybridized carbons (Fsp3) is 0.591. The highest BCUT2D eigenvalue weighted by Crippen LogP contribution is 2.33. The van der Waals surface area contributed by atoms with Gasteiger partial charge in [-0.25, -0.2) is 18.6 Å². The number of halogens is 2. The zero-order valence-corrected chi connectivity index (χ0v) is 19.1. The predicted molar refractivity (Wildman–Crippen MR) is 117 cm³/mol. The fourth-order valence-corrected chi connectivity index (χ4v) is 3.73. The van der Waals surface area contributed by atoms with E-state index < -0.39 is 23.8 Å². The van der Waals surface area contributed by atoms with Gasteiger partial charge >= 0.3 is 6.09 Å². The number of nitrogens with zero attached hydrogens (tertiary/aromatic N) is 3. The predicted octanol–water partition coefficient (Wildman–Crippen LogP) is 2.44. The zero-order valence-electron chi connectivity index (χ0n) is 19.1. The van der Waals surface area contributed by atoms with Crippen LogP contribution in [-0.4, -0.2) is 68.9 Å². The summed E-state index contributed by atoms with van der Waals surface area (Å²) in [4.78, 5) is 43.3. The van der Waals surface area contributed by atoms with E-state index in [1.165, 1.54) is 24.0 Å². The Labute approximate surface area is 191 Å². The molecular formula is C22H30F2N4O5. The van der Waals surface area contributed by atoms with E-state index in [-0.39, 0.29) is 49.4 Å². The minimum atomic E-state index is -0.835. The molecule has 11 heteroatoms. The van der Waals surface area contributed by atoms with E-state index in [9.17, 15) is 23.2 Å². The van der Waals surface area contributed by atoms with Gasteiger partial charge in [0.1, 0.15) is 11.8 Å². The number of hydrogen-bond donors (Lipinski definition) is 1. The lowest BCUT2D eigenvalue weighted by Gasteiger charge is -2.28. The molecule has 1 N–H and O–H groups in total. The van der Waals surface area contributed by atoms with Crippen LogP contribution in [0.15, 0.2) is 12.1 Å². The molecule has 2 aliphatic rings. The number of anilines is 2. The SMILES string of the molecule is CCN(CCN(OC)C(=O)CC1CC1)c1c(F)cc(N2C[C@H](CNC(C)=O)OC2=O)cc1F. The maximum atomic E-state index is 15.0. The van der Waals surface area contributed by atoms with E-state index in [0.717, 1.165) is 29.9 Å². The highest BCUT2D eigenvalue weighted by atomic mass is 19.1. The number of ether oxygens (including phenoxy) is 1. The van der Waals surface area contributed by atoms with Crippen molar-refractivity contribution in [2.24, 2.45) is 5.92 Å². The summed E-state index contributed by atoms with van der Waals surface area (Å²) in [6.45, 7) is 3.87. The minimum Gasteiger partial charge on any atom is -0.442 e. The molecule has 2 fully saturated rings. The van der Waals surface area contributed by atoms with Crippen molar-refractivity contribution in [1.29, 1.82) is 0 Å². The van der Waals surface area contributed by atoms with Crippen LogP contribution in [0.2, 0.25) is 0 Å². The Balaban J connectivity index is 1.68. The van der Waals surface area contributed by atoms with Crippen molar-refractivity contribution in [3.63, 3.8) is 0 Å². The smallest absolute Gasteiger partial charge is 0.414 e. The summed E-state index contributed by atoms with van der Waals surface area (Å²) in [5.74, 6) is -1.69. The molecule has 3 rings (SSSR count). The van der Waals surface area contributed by atoms with E-state index in [1.54, 1.807) is 6.92 Å². The summed E-state index contributed by atoms with van der Waals surface area (Å²) in [5, 5.41) is 3.77. The summed E-state index contributed by atoms with van der Waals surface area (Å²) < 4.78 is 35.1. The van der Waals surface area contributed by atoms with Crippen molar-refractivity contribution in [2.45, 2.75) is 39.2 Å². The Morgan fingerprint density at radius 1 is 1.24 bits per heavy atom. The maximum Gasteiger partial charge on any atom is 0.414 e. The number of hydroxylamine groups is 2. The minimum absolute atomic E-state index is 0.0262. The van der Waals surface area contributed by atoms with E-state index in [2.05, 4.69) is 5.32 Å². The van der Waals surface area contributed by atoms with Gasteiger partial charge in [0.2, 0.25) is 11.8 Å². The van der Waals surface area contributed by atoms with Gasteiger partial charge in [-0.05, 0) is 25.7 Å². The van der Waals surface area contributed by atoms with Gasteiger partial charge in [0.25, 0.3) is 0 Å². The van der Waals surface area contributed by atoms with E-state index in [4.69, 9.17) is 9.57 Å². The van der Waals surface area contributed by atoms with Crippen molar-refractivity contribution >= 4 is 29.3 Å². The second-order valence-corrected chi connectivity index (χ2v) is 8.22. The molecule has 9 nitrogen and oxygen atoms in total. The molecule has 0 aromatic heterocycles. The number of carbonyl (C=O) groups is 3. The third kappa shape index (κ3) is 6.31. The normalized spacial score (nSPS) is 17.7. The second kappa shape index (κ2) is 10.8. The van der Waals surface area contributed by atoms with Crippen LogP contribution in [-0.2, 0) is 19.2 Å². The third-order valence-electron chi connectivity index (χ3n) is 5.70. The van der Waals surface area contributed by atoms with Gasteiger partial charge in [-0.15, -0.1) is 0 Å². The molecule has 182 valence electrons. The van der Waals surface area contributed by atoms with E-state index >= 15 is 0 Å². The zero-order chi connectivity index (χ0) is 24.1. The van der Waals surface area contributed by atoms with Crippen LogP contribution in [0.3, 0.4) is 0 Å². The first-order chi connectivity index (χ1) is 15.7. The summed E-state index contributed by atoms with van der Waals surface area (Å²) in [6.07, 6.45) is 1.12. The Bertz CT molecular complexity index is 873. The van der Waals surface area contributed by atoms with Crippen molar-refractivity contribution < 1.29 is 32.7 Å². The van der Waals surface area contributed by atoms with Crippen molar-refractivity contribution in [1.82, 2.24) is 10.4 Å². The largest absolute Gasteiger partial charge is 0.442 e. The average molecular weight is 469 g/mol. The van der Waals surface area contributed by atoms with Gasteiger partial charge < -0.3 is 15.0 Å². The number of benzene rings is 1. The molecule has 1 aliphatic heterocycles. The quantitative estimate of drug-likeness (QED) is 0.502. The first kappa shape index (κ1) is 24.7. The summed E-state index contributed by atoms with van der Waals surface area (Å²) in [5.41, 5.74) is -0.215. The lowest BCUT2D eigenvalue weighted by molar-refractivity contribution is -0.175. The molecule has 1 saturated heterocycles. The number of cyclic esters (lactones) is 1. The van der Waals surface area contributed by atoms with Crippen LogP contribution >= 0.6 is 0 Å². The first-order valence-electron chi connectivity index (χ1n) is 11.0. The topological polar surface area (TPSA) is 91.4 Å². The van der Waals surface area contributed by atoms with Crippen LogP contribution in [0.25, 0.3) is 0 Å². The molecule has 33 heavy (non-hydrogen) atoms. The van der Waals surface area contributed by atoms with Crippen molar-refractivity contribution in [2.75, 3.05) is 49.6 Å². The Morgan fingerprint density at radius 3 is 2.45 bits per heavy atom. The lowest BCUT2D eigenvalue weighted by Crippen LogP contribution is -2.39. The van der Waals surface area contributed by atoms with Gasteiger partial charge in [0.15, 0.2) is 11.6 Å². The molecule has 0 bridgehead atoms. The molecule has 3 amide bonds. The van der Waals surface area contributed by atoms with Gasteiger partial charge in [0, 0.05) is 38.6 Å². The van der Waals surface area contributed by atoms with Crippen LogP contribution in [0.1, 0.15) is 33.1 Å². The monoisotopic (exact) mass is 468 g/mol. The number of likely N-dealkylation sites (N-methyl/N-ethyl adjacent to an activating group) is 1. The number of rotatable bonds is 11. The first-order valence-corrected chi connectivity index (χ1v) is 11.0. The second-order valence-electron chi connectivity index (χ2n) is 8.22. The highest BCUT2D eigenvalue weighted by molar-refractivity contribution is 5.90. The summed E-state index contributed by atoms with van der Waals surface area (Å²) in [7, 11) is 1.39. The molecular weight excluding hydrogens is 438 g/mol. The van der Waals surface area contributed by atoms with E-state index in [0.29, 0.717) is 18.9 Å². The molecule has 0 radical (unpaired) electrons. The molecule has 1 aromatic rings. The number of carbonyl (C=O) groups excluding carboxylic acids is 3. The van der Waals surface area contributed by atoms with E-state index in [1.807, 2.05) is 0 Å². The lowest BCUT2D eigenvalue weighted by atomic mass is 10.2. The van der Waals surface area contributed by atoms with Gasteiger partial charge in [0.05, 0.1) is 32.4 Å². The summed E-state index contributed by atoms with van der Waals surface area (Å²) in [6, 6.07) is 2.16. The Hall–Kier alpha value is -2.95. The Kier molecular flexibility index (Phi) is 8.06. The number of amides is 3. The molecule has 1 aliphatic carbocycles. The van der Waals surface area contributed by atoms with Gasteiger partial charge in [-0.3, -0.25) is 19.3 Å². The molecule has 1 heterocycles. The molecule has 0 spiro atoms. The van der Waals surface area contributed by atoms with Crippen molar-refractivity contribution in [3.8, 4) is 0 Å². The van der Waals surface area contributed by atoms with Crippen LogP contribution in [0, 0.1) is 17.6 Å². The number of nitrogens with one attached hydrogen (secondary N) is 1. The highest BCUT2D eigenvalue weighted by Gasteiger charge is 2.34. The van der Waals surface area contributed by atoms with Gasteiger partial charge in [-0.2, -0.15) is 0 Å². The molecule has 0 unspecified atom stereocenters. The standard InChI is InChI=1S/C22H30F2N4O5/c1-4-26(7-8-28(32-3)20(30)9-15-5-6-15)21-18(23)10-16(11-19(21)24)27-13-17(33-22(27)31)12-25-14(2)29/h10-11,15,17H,4-9,12-13H2,1-3H3,(H,25,29)/t17-/m0/s1. The number of hydrogen-bond acceptors (Lipinski definition) is 6. The molecule has 1 aromatic carbocycles. The average Bonchev–Trinajstić information content (AvgIpc) is 3.49. The third-order valence-corrected chi connectivity index (χ3v) is 5.70. The van der Waals surface area contributed by atoms with Crippen LogP contribution in [0.4, 0.5) is 25.0 Å². The summed E-state index contributed by atoms with van der Waals surface area (Å²) >= 11 is 0. The Morgan fingerprint density at radius 2 is 1.91 bits per heavy atom. The van der Waals surface area contributed by atoms with Crippen LogP contribution < -0.4 is 15.1 Å². The molecule has 1 saturated carbocycles. The maximum absolute atomic E-state index is 15.0. The fourth-order valence-electron chi connectivity index (χ4n) is 3.73. The van der Waals surface area contributed by atoms with Crippen molar-refractivity contribution in [3.05, 3.63) is 23.8 Å². The van der Waals surface area contributed by atoms with Gasteiger partial charge in [-0.1, -0.05) is 0 Å².